The van der Waals surface area contributed by atoms with Gasteiger partial charge in [0, 0.05) is 0 Å². The van der Waals surface area contributed by atoms with Crippen LogP contribution in [0.25, 0.3) is 0 Å². The minimum absolute atomic E-state index is 0.126. The van der Waals surface area contributed by atoms with Crippen LogP contribution >= 0.6 is 23.6 Å². The molecule has 1 aromatic heterocycles. The lowest BCUT2D eigenvalue weighted by molar-refractivity contribution is -0.139. The number of halogens is 1. The van der Waals surface area contributed by atoms with Gasteiger partial charge in [-0.1, -0.05) is 73.7 Å². The van der Waals surface area contributed by atoms with E-state index in [1.807, 2.05) is 6.07 Å². The topological polar surface area (TPSA) is 130 Å². The van der Waals surface area contributed by atoms with Crippen LogP contribution in [0.5, 0.6) is 0 Å². The molecule has 9 nitrogen and oxygen atoms in total. The van der Waals surface area contributed by atoms with Crippen molar-refractivity contribution in [2.75, 3.05) is 5.32 Å². The van der Waals surface area contributed by atoms with Crippen LogP contribution in [0.15, 0.2) is 54.6 Å². The number of rotatable bonds is 9. The van der Waals surface area contributed by atoms with Crippen LogP contribution in [0.3, 0.4) is 0 Å². The van der Waals surface area contributed by atoms with Crippen molar-refractivity contribution >= 4 is 46.6 Å². The minimum atomic E-state index is -1.31. The molecule has 2 atom stereocenters. The molecule has 0 bridgehead atoms. The van der Waals surface area contributed by atoms with E-state index in [1.165, 1.54) is 18.2 Å². The second kappa shape index (κ2) is 12.5. The van der Waals surface area contributed by atoms with E-state index in [0.29, 0.717) is 14.4 Å². The van der Waals surface area contributed by atoms with Gasteiger partial charge in [0.25, 0.3) is 0 Å². The first-order chi connectivity index (χ1) is 17.2. The van der Waals surface area contributed by atoms with Gasteiger partial charge in [0.05, 0.1) is 6.04 Å². The Bertz CT molecular complexity index is 1260. The largest absolute Gasteiger partial charge is 0.444 e. The molecule has 0 aliphatic rings. The molecule has 36 heavy (non-hydrogen) atoms. The number of aromatic nitrogens is 2. The van der Waals surface area contributed by atoms with E-state index in [2.05, 4.69) is 15.5 Å². The number of benzene rings is 2. The Labute approximate surface area is 216 Å². The van der Waals surface area contributed by atoms with E-state index in [9.17, 15) is 18.8 Å². The van der Waals surface area contributed by atoms with Gasteiger partial charge >= 0.3 is 6.09 Å². The zero-order chi connectivity index (χ0) is 26.2. The zero-order valence-electron chi connectivity index (χ0n) is 19.6. The Balaban J connectivity index is 1.89. The molecule has 12 heteroatoms. The van der Waals surface area contributed by atoms with Crippen LogP contribution in [0.2, 0.25) is 0 Å². The lowest BCUT2D eigenvalue weighted by atomic mass is 9.99. The van der Waals surface area contributed by atoms with Gasteiger partial charge in [0.1, 0.15) is 18.5 Å². The summed E-state index contributed by atoms with van der Waals surface area (Å²) in [6.45, 7) is 3.22. The number of nitrogens with two attached hydrogens (primary N) is 1. The average Bonchev–Trinajstić information content (AvgIpc) is 3.26. The number of carbonyl (C=O) groups excluding carboxylic acids is 3. The van der Waals surface area contributed by atoms with Crippen molar-refractivity contribution in [3.05, 3.63) is 75.5 Å². The molecule has 190 valence electrons. The molecule has 3 aromatic rings. The van der Waals surface area contributed by atoms with E-state index in [-0.39, 0.29) is 23.7 Å². The predicted molar refractivity (Wildman–Crippen MR) is 136 cm³/mol. The van der Waals surface area contributed by atoms with Gasteiger partial charge in [-0.2, -0.15) is 0 Å². The summed E-state index contributed by atoms with van der Waals surface area (Å²) in [4.78, 5) is 40.6. The van der Waals surface area contributed by atoms with Crippen molar-refractivity contribution in [1.82, 2.24) is 15.1 Å². The first-order valence-electron chi connectivity index (χ1n) is 11.1. The number of ether oxygens (including phenoxy) is 1. The first kappa shape index (κ1) is 27.1. The fourth-order valence-electron chi connectivity index (χ4n) is 3.48. The lowest BCUT2D eigenvalue weighted by Crippen LogP contribution is -2.57. The van der Waals surface area contributed by atoms with Gasteiger partial charge in [-0.05, 0) is 41.7 Å². The highest BCUT2D eigenvalue weighted by atomic mass is 32.1. The molecule has 4 N–H and O–H groups in total. The maximum atomic E-state index is 14.2. The van der Waals surface area contributed by atoms with Crippen molar-refractivity contribution < 1.29 is 23.5 Å². The number of hydrogen-bond donors (Lipinski definition) is 3. The van der Waals surface area contributed by atoms with Gasteiger partial charge in [-0.3, -0.25) is 20.0 Å². The van der Waals surface area contributed by atoms with Crippen LogP contribution in [-0.2, 0) is 27.4 Å². The number of carbonyl (C=O) groups is 3. The summed E-state index contributed by atoms with van der Waals surface area (Å²) in [5, 5.41) is 9.19. The molecule has 0 aliphatic carbocycles. The van der Waals surface area contributed by atoms with Crippen LogP contribution in [0, 0.1) is 15.7 Å². The third-order valence-corrected chi connectivity index (χ3v) is 6.21. The molecule has 0 radical (unpaired) electrons. The van der Waals surface area contributed by atoms with E-state index in [4.69, 9.17) is 22.7 Å². The maximum absolute atomic E-state index is 14.2. The van der Waals surface area contributed by atoms with Gasteiger partial charge in [-0.15, -0.1) is 5.10 Å². The molecule has 1 heterocycles. The fraction of sp³-hybridized carbons (Fsp3) is 0.292. The molecule has 2 aromatic carbocycles. The minimum Gasteiger partial charge on any atom is -0.444 e. The third-order valence-electron chi connectivity index (χ3n) is 5.20. The van der Waals surface area contributed by atoms with Crippen molar-refractivity contribution in [3.8, 4) is 0 Å². The number of H-pyrrole nitrogens is 1. The number of nitrogens with zero attached hydrogens (tertiary/aromatic N) is 2. The van der Waals surface area contributed by atoms with Gasteiger partial charge < -0.3 is 10.5 Å². The molecule has 0 fully saturated rings. The molecule has 3 rings (SSSR count). The predicted octanol–water partition coefficient (Wildman–Crippen LogP) is 4.04. The van der Waals surface area contributed by atoms with E-state index in [0.717, 1.165) is 11.3 Å². The Morgan fingerprint density at radius 1 is 1.17 bits per heavy atom. The quantitative estimate of drug-likeness (QED) is 0.355. The second-order valence-corrected chi connectivity index (χ2v) is 9.91. The van der Waals surface area contributed by atoms with Crippen LogP contribution in [-0.4, -0.2) is 45.1 Å². The number of hydrogen-bond acceptors (Lipinski definition) is 8. The highest BCUT2D eigenvalue weighted by molar-refractivity contribution is 7.73. The van der Waals surface area contributed by atoms with E-state index >= 15 is 0 Å². The van der Waals surface area contributed by atoms with Crippen LogP contribution in [0.1, 0.15) is 25.0 Å². The molecule has 0 unspecified atom stereocenters. The summed E-state index contributed by atoms with van der Waals surface area (Å²) < 4.78 is 19.9. The summed E-state index contributed by atoms with van der Waals surface area (Å²) in [5.74, 6) is -2.60. The van der Waals surface area contributed by atoms with Crippen molar-refractivity contribution in [1.29, 1.82) is 0 Å². The summed E-state index contributed by atoms with van der Waals surface area (Å²) in [6, 6.07) is 12.2. The highest BCUT2D eigenvalue weighted by Crippen LogP contribution is 2.20. The van der Waals surface area contributed by atoms with E-state index in [1.54, 1.807) is 44.2 Å². The second-order valence-electron chi connectivity index (χ2n) is 8.25. The number of imide groups is 1. The molecule has 0 saturated heterocycles. The summed E-state index contributed by atoms with van der Waals surface area (Å²) >= 11 is 6.01. The third kappa shape index (κ3) is 7.03. The molecular weight excluding hydrogens is 505 g/mol. The zero-order valence-corrected chi connectivity index (χ0v) is 21.3. The molecule has 3 amide bonds. The highest BCUT2D eigenvalue weighted by Gasteiger charge is 2.40. The van der Waals surface area contributed by atoms with Gasteiger partial charge in [0.15, 0.2) is 3.95 Å². The standard InChI is InChI=1S/C24H26FN5O4S2/c1-14(2)19(20(31)27-22-28-29-23(35)36-22)30(24(33)34-13-15-8-4-3-5-9-15)21(32)18(26)12-16-10-6-7-11-17(16)25/h3-11,14,18-19H,12-13,26H2,1-2H3,(H,29,35)(H,27,28,31)/t18-,19-/m0/s1. The Hall–Kier alpha value is -3.48. The monoisotopic (exact) mass is 531 g/mol. The summed E-state index contributed by atoms with van der Waals surface area (Å²) in [7, 11) is 0. The lowest BCUT2D eigenvalue weighted by Gasteiger charge is -2.32. The number of anilines is 1. The van der Waals surface area contributed by atoms with Gasteiger partial charge in [0.2, 0.25) is 16.9 Å². The Morgan fingerprint density at radius 3 is 2.44 bits per heavy atom. The van der Waals surface area contributed by atoms with Crippen LogP contribution in [0.4, 0.5) is 14.3 Å². The van der Waals surface area contributed by atoms with Crippen molar-refractivity contribution in [2.24, 2.45) is 11.7 Å². The molecule has 0 spiro atoms. The number of amides is 3. The maximum Gasteiger partial charge on any atom is 0.417 e. The number of nitrogens with one attached hydrogen (secondary N) is 2. The SMILES string of the molecule is CC(C)[C@@H](C(=O)Nc1n[nH]c(=S)s1)N(C(=O)OCc1ccccc1)C(=O)[C@@H](N)Cc1ccccc1F. The van der Waals surface area contributed by atoms with Crippen molar-refractivity contribution in [2.45, 2.75) is 39.0 Å². The molecular formula is C24H26FN5O4S2. The Kier molecular flexibility index (Phi) is 9.39. The van der Waals surface area contributed by atoms with E-state index < -0.39 is 41.7 Å². The fourth-order valence-corrected chi connectivity index (χ4v) is 4.27. The van der Waals surface area contributed by atoms with Crippen LogP contribution < -0.4 is 11.1 Å². The smallest absolute Gasteiger partial charge is 0.417 e. The molecule has 0 aliphatic heterocycles. The molecule has 0 saturated carbocycles. The summed E-state index contributed by atoms with van der Waals surface area (Å²) in [6.07, 6.45) is -1.22. The Morgan fingerprint density at radius 2 is 1.83 bits per heavy atom. The average molecular weight is 532 g/mol. The van der Waals surface area contributed by atoms with Crippen molar-refractivity contribution in [3.63, 3.8) is 0 Å². The van der Waals surface area contributed by atoms with Gasteiger partial charge in [-0.25, -0.2) is 14.1 Å². The summed E-state index contributed by atoms with van der Waals surface area (Å²) in [5.41, 5.74) is 7.03. The first-order valence-corrected chi connectivity index (χ1v) is 12.3. The number of aromatic amines is 1. The normalized spacial score (nSPS) is 12.6.